The molecule has 2 rings (SSSR count). The van der Waals surface area contributed by atoms with Gasteiger partial charge in [-0.15, -0.1) is 0 Å². The molecule has 0 aromatic carbocycles. The minimum Gasteiger partial charge on any atom is -0.469 e. The zero-order chi connectivity index (χ0) is 11.7. The zero-order valence-electron chi connectivity index (χ0n) is 9.77. The summed E-state index contributed by atoms with van der Waals surface area (Å²) in [6, 6.07) is 1.84. The van der Waals surface area contributed by atoms with Gasteiger partial charge < -0.3 is 15.1 Å². The fourth-order valence-corrected chi connectivity index (χ4v) is 2.13. The molecule has 0 bridgehead atoms. The quantitative estimate of drug-likeness (QED) is 0.819. The van der Waals surface area contributed by atoms with Gasteiger partial charge in [0.05, 0.1) is 11.8 Å². The van der Waals surface area contributed by atoms with E-state index in [2.05, 4.69) is 6.92 Å². The standard InChI is InChI=1S/C12H18N2O2/c1-3-11-9(4-5-16-11)12(15)14-6-8(2)10(13)7-14/h4-5,8,10H,3,6-7,13H2,1-2H3. The molecule has 1 aliphatic rings. The van der Waals surface area contributed by atoms with Gasteiger partial charge in [0.15, 0.2) is 0 Å². The van der Waals surface area contributed by atoms with E-state index in [0.29, 0.717) is 18.0 Å². The van der Waals surface area contributed by atoms with Crippen LogP contribution in [0.3, 0.4) is 0 Å². The lowest BCUT2D eigenvalue weighted by Crippen LogP contribution is -2.32. The third kappa shape index (κ3) is 1.85. The highest BCUT2D eigenvalue weighted by atomic mass is 16.3. The number of amides is 1. The molecule has 1 saturated heterocycles. The van der Waals surface area contributed by atoms with Crippen LogP contribution in [0.1, 0.15) is 30.0 Å². The van der Waals surface area contributed by atoms with Crippen LogP contribution in [0, 0.1) is 5.92 Å². The van der Waals surface area contributed by atoms with Gasteiger partial charge in [-0.2, -0.15) is 0 Å². The van der Waals surface area contributed by atoms with Gasteiger partial charge in [-0.1, -0.05) is 13.8 Å². The van der Waals surface area contributed by atoms with Crippen molar-refractivity contribution in [2.24, 2.45) is 11.7 Å². The second-order valence-corrected chi connectivity index (χ2v) is 4.46. The number of likely N-dealkylation sites (tertiary alicyclic amines) is 1. The van der Waals surface area contributed by atoms with Crippen LogP contribution < -0.4 is 5.73 Å². The number of nitrogens with zero attached hydrogens (tertiary/aromatic N) is 1. The molecule has 0 spiro atoms. The molecule has 1 aromatic rings. The molecule has 2 heterocycles. The van der Waals surface area contributed by atoms with Gasteiger partial charge in [-0.05, 0) is 12.0 Å². The molecule has 4 nitrogen and oxygen atoms in total. The molecular formula is C12H18N2O2. The van der Waals surface area contributed by atoms with Crippen LogP contribution in [-0.4, -0.2) is 29.9 Å². The summed E-state index contributed by atoms with van der Waals surface area (Å²) < 4.78 is 5.27. The maximum atomic E-state index is 12.2. The monoisotopic (exact) mass is 222 g/mol. The van der Waals surface area contributed by atoms with Crippen molar-refractivity contribution in [2.45, 2.75) is 26.3 Å². The van der Waals surface area contributed by atoms with E-state index in [9.17, 15) is 4.79 Å². The third-order valence-corrected chi connectivity index (χ3v) is 3.25. The molecule has 2 unspecified atom stereocenters. The molecule has 1 aliphatic heterocycles. The Balaban J connectivity index is 2.14. The van der Waals surface area contributed by atoms with E-state index >= 15 is 0 Å². The molecule has 1 amide bonds. The average molecular weight is 222 g/mol. The van der Waals surface area contributed by atoms with E-state index in [-0.39, 0.29) is 11.9 Å². The Morgan fingerprint density at radius 3 is 2.94 bits per heavy atom. The Kier molecular flexibility index (Phi) is 3.01. The first kappa shape index (κ1) is 11.2. The largest absolute Gasteiger partial charge is 0.469 e. The summed E-state index contributed by atoms with van der Waals surface area (Å²) in [4.78, 5) is 14.0. The first-order chi connectivity index (χ1) is 7.63. The molecule has 4 heteroatoms. The molecule has 2 atom stereocenters. The lowest BCUT2D eigenvalue weighted by molar-refractivity contribution is 0.0784. The number of hydrogen-bond acceptors (Lipinski definition) is 3. The zero-order valence-corrected chi connectivity index (χ0v) is 9.77. The van der Waals surface area contributed by atoms with E-state index < -0.39 is 0 Å². The molecule has 2 N–H and O–H groups in total. The van der Waals surface area contributed by atoms with Crippen molar-refractivity contribution < 1.29 is 9.21 Å². The lowest BCUT2D eigenvalue weighted by Gasteiger charge is -2.15. The van der Waals surface area contributed by atoms with Crippen molar-refractivity contribution in [1.29, 1.82) is 0 Å². The molecule has 88 valence electrons. The maximum absolute atomic E-state index is 12.2. The molecule has 0 radical (unpaired) electrons. The van der Waals surface area contributed by atoms with Crippen LogP contribution in [-0.2, 0) is 6.42 Å². The van der Waals surface area contributed by atoms with Gasteiger partial charge in [0, 0.05) is 25.6 Å². The number of carbonyl (C=O) groups is 1. The number of hydrogen-bond donors (Lipinski definition) is 1. The Morgan fingerprint density at radius 2 is 2.38 bits per heavy atom. The van der Waals surface area contributed by atoms with Gasteiger partial charge in [-0.25, -0.2) is 0 Å². The van der Waals surface area contributed by atoms with Crippen LogP contribution in [0.15, 0.2) is 16.7 Å². The van der Waals surface area contributed by atoms with Gasteiger partial charge in [0.25, 0.3) is 5.91 Å². The summed E-state index contributed by atoms with van der Waals surface area (Å²) in [6.45, 7) is 5.45. The molecule has 1 fully saturated rings. The van der Waals surface area contributed by atoms with Crippen molar-refractivity contribution in [1.82, 2.24) is 4.90 Å². The molecule has 0 saturated carbocycles. The second kappa shape index (κ2) is 4.29. The number of aryl methyl sites for hydroxylation is 1. The Morgan fingerprint density at radius 1 is 1.62 bits per heavy atom. The van der Waals surface area contributed by atoms with Gasteiger partial charge in [0.2, 0.25) is 0 Å². The summed E-state index contributed by atoms with van der Waals surface area (Å²) in [5, 5.41) is 0. The Hall–Kier alpha value is -1.29. The number of rotatable bonds is 2. The maximum Gasteiger partial charge on any atom is 0.257 e. The van der Waals surface area contributed by atoms with Crippen LogP contribution in [0.25, 0.3) is 0 Å². The molecule has 16 heavy (non-hydrogen) atoms. The van der Waals surface area contributed by atoms with Gasteiger partial charge in [0.1, 0.15) is 5.76 Å². The fraction of sp³-hybridized carbons (Fsp3) is 0.583. The number of furan rings is 1. The van der Waals surface area contributed by atoms with E-state index in [1.165, 1.54) is 0 Å². The summed E-state index contributed by atoms with van der Waals surface area (Å²) >= 11 is 0. The Labute approximate surface area is 95.4 Å². The number of carbonyl (C=O) groups excluding carboxylic acids is 1. The number of nitrogens with two attached hydrogens (primary N) is 1. The predicted octanol–water partition coefficient (Wildman–Crippen LogP) is 1.26. The topological polar surface area (TPSA) is 59.5 Å². The SMILES string of the molecule is CCc1occc1C(=O)N1CC(C)C(N)C1. The fourth-order valence-electron chi connectivity index (χ4n) is 2.13. The summed E-state index contributed by atoms with van der Waals surface area (Å²) in [5.41, 5.74) is 6.60. The second-order valence-electron chi connectivity index (χ2n) is 4.46. The minimum absolute atomic E-state index is 0.0467. The average Bonchev–Trinajstić information content (AvgIpc) is 2.85. The highest BCUT2D eigenvalue weighted by Gasteiger charge is 2.31. The van der Waals surface area contributed by atoms with E-state index in [1.807, 2.05) is 11.8 Å². The van der Waals surface area contributed by atoms with Crippen molar-refractivity contribution in [3.05, 3.63) is 23.7 Å². The van der Waals surface area contributed by atoms with Gasteiger partial charge in [-0.3, -0.25) is 4.79 Å². The molecule has 1 aromatic heterocycles. The first-order valence-electron chi connectivity index (χ1n) is 5.74. The lowest BCUT2D eigenvalue weighted by atomic mass is 10.1. The Bertz CT molecular complexity index is 376. The van der Waals surface area contributed by atoms with Crippen molar-refractivity contribution >= 4 is 5.91 Å². The van der Waals surface area contributed by atoms with Crippen LogP contribution >= 0.6 is 0 Å². The van der Waals surface area contributed by atoms with Crippen LogP contribution in [0.2, 0.25) is 0 Å². The van der Waals surface area contributed by atoms with Crippen LogP contribution in [0.4, 0.5) is 0 Å². The summed E-state index contributed by atoms with van der Waals surface area (Å²) in [7, 11) is 0. The third-order valence-electron chi connectivity index (χ3n) is 3.25. The molecule has 0 aliphatic carbocycles. The minimum atomic E-state index is 0.0467. The summed E-state index contributed by atoms with van der Waals surface area (Å²) in [6.07, 6.45) is 2.31. The highest BCUT2D eigenvalue weighted by molar-refractivity contribution is 5.95. The smallest absolute Gasteiger partial charge is 0.257 e. The first-order valence-corrected chi connectivity index (χ1v) is 5.74. The van der Waals surface area contributed by atoms with Crippen LogP contribution in [0.5, 0.6) is 0 Å². The predicted molar refractivity (Wildman–Crippen MR) is 61.1 cm³/mol. The molecular weight excluding hydrogens is 204 g/mol. The van der Waals surface area contributed by atoms with E-state index in [4.69, 9.17) is 10.2 Å². The van der Waals surface area contributed by atoms with E-state index in [1.54, 1.807) is 12.3 Å². The normalized spacial score (nSPS) is 25.1. The van der Waals surface area contributed by atoms with Crippen molar-refractivity contribution in [3.63, 3.8) is 0 Å². The summed E-state index contributed by atoms with van der Waals surface area (Å²) in [5.74, 6) is 1.18. The van der Waals surface area contributed by atoms with Gasteiger partial charge >= 0.3 is 0 Å². The van der Waals surface area contributed by atoms with E-state index in [0.717, 1.165) is 18.7 Å². The van der Waals surface area contributed by atoms with Crippen molar-refractivity contribution in [3.8, 4) is 0 Å². The highest BCUT2D eigenvalue weighted by Crippen LogP contribution is 2.20. The van der Waals surface area contributed by atoms with Crippen molar-refractivity contribution in [2.75, 3.05) is 13.1 Å².